The van der Waals surface area contributed by atoms with Crippen LogP contribution in [0.4, 0.5) is 4.39 Å². The summed E-state index contributed by atoms with van der Waals surface area (Å²) in [6.07, 6.45) is 0. The summed E-state index contributed by atoms with van der Waals surface area (Å²) in [6, 6.07) is 6.27. The van der Waals surface area contributed by atoms with Crippen molar-refractivity contribution in [2.45, 2.75) is 5.60 Å². The Morgan fingerprint density at radius 3 is 2.42 bits per heavy atom. The molecule has 0 aliphatic carbocycles. The summed E-state index contributed by atoms with van der Waals surface area (Å²) in [4.78, 5) is 0. The summed E-state index contributed by atoms with van der Waals surface area (Å²) in [5, 5.41) is 0. The Bertz CT molecular complexity index is 279. The maximum atomic E-state index is 12.5. The summed E-state index contributed by atoms with van der Waals surface area (Å²) in [6.45, 7) is 0.641. The fourth-order valence-electron chi connectivity index (χ4n) is 1.16. The van der Waals surface area contributed by atoms with Gasteiger partial charge in [0.2, 0.25) is 0 Å². The van der Waals surface area contributed by atoms with Gasteiger partial charge < -0.3 is 4.74 Å². The van der Waals surface area contributed by atoms with Gasteiger partial charge in [-0.15, -0.1) is 11.6 Å². The molecule has 1 aliphatic rings. The van der Waals surface area contributed by atoms with Crippen LogP contribution in [-0.2, 0) is 10.3 Å². The third-order valence-electron chi connectivity index (χ3n) is 2.08. The molecular formula is C9H8ClFO. The van der Waals surface area contributed by atoms with Crippen LogP contribution < -0.4 is 0 Å². The highest BCUT2D eigenvalue weighted by molar-refractivity contribution is 6.18. The van der Waals surface area contributed by atoms with Crippen LogP contribution in [0.3, 0.4) is 0 Å². The van der Waals surface area contributed by atoms with Crippen molar-refractivity contribution >= 4 is 11.6 Å². The normalized spacial score (nSPS) is 27.2. The van der Waals surface area contributed by atoms with Crippen LogP contribution in [0.1, 0.15) is 5.56 Å². The second kappa shape index (κ2) is 2.71. The molecule has 12 heavy (non-hydrogen) atoms. The van der Waals surface area contributed by atoms with Crippen LogP contribution in [-0.4, -0.2) is 12.5 Å². The van der Waals surface area contributed by atoms with Crippen LogP contribution in [0.15, 0.2) is 24.3 Å². The van der Waals surface area contributed by atoms with Crippen molar-refractivity contribution in [1.29, 1.82) is 0 Å². The summed E-state index contributed by atoms with van der Waals surface area (Å²) in [7, 11) is 0. The molecule has 1 saturated heterocycles. The van der Waals surface area contributed by atoms with E-state index in [0.29, 0.717) is 12.5 Å². The Kier molecular flexibility index (Phi) is 1.81. The molecule has 2 rings (SSSR count). The first-order valence-electron chi connectivity index (χ1n) is 3.73. The van der Waals surface area contributed by atoms with E-state index in [1.54, 1.807) is 12.1 Å². The van der Waals surface area contributed by atoms with Crippen LogP contribution in [0.2, 0.25) is 0 Å². The van der Waals surface area contributed by atoms with Gasteiger partial charge in [0.15, 0.2) is 0 Å². The molecule has 3 heteroatoms. The largest absolute Gasteiger partial charge is 0.363 e. The van der Waals surface area contributed by atoms with Gasteiger partial charge in [-0.3, -0.25) is 0 Å². The Balaban J connectivity index is 2.29. The summed E-state index contributed by atoms with van der Waals surface area (Å²) in [5.74, 6) is 0.197. The number of alkyl halides is 1. The summed E-state index contributed by atoms with van der Waals surface area (Å²) >= 11 is 5.71. The minimum atomic E-state index is -0.324. The van der Waals surface area contributed by atoms with Gasteiger partial charge in [0, 0.05) is 0 Å². The molecule has 1 unspecified atom stereocenters. The van der Waals surface area contributed by atoms with E-state index in [-0.39, 0.29) is 11.4 Å². The molecule has 0 saturated carbocycles. The fourth-order valence-corrected chi connectivity index (χ4v) is 1.47. The molecule has 1 aromatic carbocycles. The summed E-state index contributed by atoms with van der Waals surface area (Å²) in [5.41, 5.74) is 0.633. The molecule has 64 valence electrons. The number of halogens is 2. The van der Waals surface area contributed by atoms with Gasteiger partial charge in [0.25, 0.3) is 0 Å². The molecular weight excluding hydrogens is 179 g/mol. The van der Waals surface area contributed by atoms with E-state index in [0.717, 1.165) is 5.56 Å². The van der Waals surface area contributed by atoms with E-state index in [4.69, 9.17) is 16.3 Å². The smallest absolute Gasteiger partial charge is 0.130 e. The van der Waals surface area contributed by atoms with Crippen LogP contribution in [0, 0.1) is 5.82 Å². The molecule has 0 spiro atoms. The third-order valence-corrected chi connectivity index (χ3v) is 2.51. The minimum Gasteiger partial charge on any atom is -0.363 e. The van der Waals surface area contributed by atoms with Gasteiger partial charge >= 0.3 is 0 Å². The maximum absolute atomic E-state index is 12.5. The average Bonchev–Trinajstić information content (AvgIpc) is 2.86. The summed E-state index contributed by atoms with van der Waals surface area (Å²) < 4.78 is 17.7. The van der Waals surface area contributed by atoms with E-state index in [9.17, 15) is 4.39 Å². The van der Waals surface area contributed by atoms with Crippen molar-refractivity contribution < 1.29 is 9.13 Å². The highest BCUT2D eigenvalue weighted by Gasteiger charge is 2.45. The maximum Gasteiger partial charge on any atom is 0.130 e. The lowest BCUT2D eigenvalue weighted by Gasteiger charge is -2.06. The van der Waals surface area contributed by atoms with Crippen LogP contribution in [0.5, 0.6) is 0 Å². The number of rotatable bonds is 2. The first-order chi connectivity index (χ1) is 5.77. The molecule has 0 aromatic heterocycles. The zero-order valence-corrected chi connectivity index (χ0v) is 7.14. The molecule has 1 aromatic rings. The number of benzene rings is 1. The van der Waals surface area contributed by atoms with Gasteiger partial charge in [-0.05, 0) is 17.7 Å². The van der Waals surface area contributed by atoms with Gasteiger partial charge in [0.1, 0.15) is 11.4 Å². The topological polar surface area (TPSA) is 12.5 Å². The van der Waals surface area contributed by atoms with Crippen molar-refractivity contribution in [2.75, 3.05) is 12.5 Å². The first-order valence-corrected chi connectivity index (χ1v) is 4.26. The number of epoxide rings is 1. The molecule has 0 radical (unpaired) electrons. The van der Waals surface area contributed by atoms with E-state index < -0.39 is 0 Å². The highest BCUT2D eigenvalue weighted by atomic mass is 35.5. The molecule has 0 N–H and O–H groups in total. The Morgan fingerprint density at radius 1 is 1.42 bits per heavy atom. The van der Waals surface area contributed by atoms with Crippen LogP contribution in [0.25, 0.3) is 0 Å². The fraction of sp³-hybridized carbons (Fsp3) is 0.333. The molecule has 1 aliphatic heterocycles. The van der Waals surface area contributed by atoms with Crippen LogP contribution >= 0.6 is 11.6 Å². The van der Waals surface area contributed by atoms with E-state index in [1.165, 1.54) is 12.1 Å². The van der Waals surface area contributed by atoms with E-state index >= 15 is 0 Å². The van der Waals surface area contributed by atoms with Crippen molar-refractivity contribution in [3.63, 3.8) is 0 Å². The number of hydrogen-bond donors (Lipinski definition) is 0. The second-order valence-electron chi connectivity index (χ2n) is 2.92. The lowest BCUT2D eigenvalue weighted by Crippen LogP contribution is -2.09. The van der Waals surface area contributed by atoms with E-state index in [1.807, 2.05) is 0 Å². The Hall–Kier alpha value is -0.600. The van der Waals surface area contributed by atoms with Gasteiger partial charge in [-0.1, -0.05) is 12.1 Å². The molecule has 1 fully saturated rings. The standard InChI is InChI=1S/C9H8ClFO/c10-5-9(6-12-9)7-1-3-8(11)4-2-7/h1-4H,5-6H2. The lowest BCUT2D eigenvalue weighted by atomic mass is 10.0. The van der Waals surface area contributed by atoms with Crippen molar-refractivity contribution in [2.24, 2.45) is 0 Å². The molecule has 1 atom stereocenters. The zero-order valence-electron chi connectivity index (χ0n) is 6.39. The highest BCUT2D eigenvalue weighted by Crippen LogP contribution is 2.39. The molecule has 1 nitrogen and oxygen atoms in total. The molecule has 0 amide bonds. The lowest BCUT2D eigenvalue weighted by molar-refractivity contribution is 0.332. The van der Waals surface area contributed by atoms with Crippen molar-refractivity contribution in [3.8, 4) is 0 Å². The number of ether oxygens (including phenoxy) is 1. The predicted octanol–water partition coefficient (Wildman–Crippen LogP) is 2.29. The second-order valence-corrected chi connectivity index (χ2v) is 3.19. The minimum absolute atomic E-state index is 0.232. The van der Waals surface area contributed by atoms with Gasteiger partial charge in [-0.2, -0.15) is 0 Å². The van der Waals surface area contributed by atoms with Crippen molar-refractivity contribution in [1.82, 2.24) is 0 Å². The Labute approximate surface area is 75.1 Å². The van der Waals surface area contributed by atoms with E-state index in [2.05, 4.69) is 0 Å². The predicted molar refractivity (Wildman–Crippen MR) is 44.8 cm³/mol. The SMILES string of the molecule is Fc1ccc(C2(CCl)CO2)cc1. The number of hydrogen-bond acceptors (Lipinski definition) is 1. The van der Waals surface area contributed by atoms with Gasteiger partial charge in [0.05, 0.1) is 12.5 Å². The third kappa shape index (κ3) is 1.21. The zero-order chi connectivity index (χ0) is 8.60. The average molecular weight is 187 g/mol. The first kappa shape index (κ1) is 8.02. The Morgan fingerprint density at radius 2 is 2.00 bits per heavy atom. The monoisotopic (exact) mass is 186 g/mol. The molecule has 0 bridgehead atoms. The molecule has 1 heterocycles. The van der Waals surface area contributed by atoms with Gasteiger partial charge in [-0.25, -0.2) is 4.39 Å². The quantitative estimate of drug-likeness (QED) is 0.510. The van der Waals surface area contributed by atoms with Crippen molar-refractivity contribution in [3.05, 3.63) is 35.6 Å².